The predicted octanol–water partition coefficient (Wildman–Crippen LogP) is 3.31. The van der Waals surface area contributed by atoms with Crippen LogP contribution in [0.15, 0.2) is 51.9 Å². The number of piperidine rings is 1. The van der Waals surface area contributed by atoms with E-state index in [2.05, 4.69) is 22.2 Å². The molecule has 1 aliphatic heterocycles. The highest BCUT2D eigenvalue weighted by Gasteiger charge is 2.26. The number of nitrogens with zero attached hydrogens (tertiary/aromatic N) is 6. The third kappa shape index (κ3) is 3.94. The predicted molar refractivity (Wildman–Crippen MR) is 123 cm³/mol. The Balaban J connectivity index is 1.46. The van der Waals surface area contributed by atoms with Gasteiger partial charge in [0.25, 0.3) is 5.89 Å². The molecule has 33 heavy (non-hydrogen) atoms. The number of rotatable bonds is 5. The molecule has 0 bridgehead atoms. The summed E-state index contributed by atoms with van der Waals surface area (Å²) in [5.41, 5.74) is 2.52. The van der Waals surface area contributed by atoms with E-state index in [0.717, 1.165) is 43.4 Å². The Morgan fingerprint density at radius 1 is 1.18 bits per heavy atom. The van der Waals surface area contributed by atoms with Crippen molar-refractivity contribution in [2.75, 3.05) is 6.54 Å². The van der Waals surface area contributed by atoms with Gasteiger partial charge in [-0.1, -0.05) is 41.9 Å². The number of hydrogen-bond acceptors (Lipinski definition) is 6. The van der Waals surface area contributed by atoms with Crippen LogP contribution in [0.1, 0.15) is 38.2 Å². The molecule has 1 aliphatic rings. The van der Waals surface area contributed by atoms with Crippen molar-refractivity contribution in [3.8, 4) is 22.8 Å². The van der Waals surface area contributed by atoms with Crippen LogP contribution in [0.25, 0.3) is 28.5 Å². The van der Waals surface area contributed by atoms with Crippen LogP contribution in [0.2, 0.25) is 0 Å². The van der Waals surface area contributed by atoms with Gasteiger partial charge in [0.2, 0.25) is 11.7 Å². The Labute approximate surface area is 190 Å². The highest BCUT2D eigenvalue weighted by Crippen LogP contribution is 2.25. The zero-order valence-corrected chi connectivity index (χ0v) is 18.8. The van der Waals surface area contributed by atoms with Crippen LogP contribution in [-0.2, 0) is 11.3 Å². The van der Waals surface area contributed by atoms with Gasteiger partial charge in [0.1, 0.15) is 6.54 Å². The molecule has 0 saturated carbocycles. The SMILES string of the molecule is CC[C@H]1CCCCN1C(=O)Cn1nc2c(-c3nc(-c4ccc(C)cc4)no3)cccn2c1=O. The van der Waals surface area contributed by atoms with Crippen molar-refractivity contribution >= 4 is 11.6 Å². The molecule has 0 aliphatic carbocycles. The molecule has 0 N–H and O–H groups in total. The Bertz CT molecular complexity index is 1350. The molecule has 9 heteroatoms. The number of aromatic nitrogens is 5. The van der Waals surface area contributed by atoms with Gasteiger partial charge in [0.15, 0.2) is 5.65 Å². The van der Waals surface area contributed by atoms with E-state index < -0.39 is 0 Å². The molecule has 4 aromatic rings. The van der Waals surface area contributed by atoms with Gasteiger partial charge >= 0.3 is 5.69 Å². The molecule has 170 valence electrons. The lowest BCUT2D eigenvalue weighted by Crippen LogP contribution is -2.45. The van der Waals surface area contributed by atoms with Gasteiger partial charge in [-0.3, -0.25) is 4.79 Å². The van der Waals surface area contributed by atoms with Crippen molar-refractivity contribution in [1.29, 1.82) is 0 Å². The molecule has 5 rings (SSSR count). The number of hydrogen-bond donors (Lipinski definition) is 0. The molecule has 1 fully saturated rings. The van der Waals surface area contributed by atoms with Crippen molar-refractivity contribution < 1.29 is 9.32 Å². The molecule has 9 nitrogen and oxygen atoms in total. The van der Waals surface area contributed by atoms with Crippen LogP contribution in [-0.4, -0.2) is 47.7 Å². The Morgan fingerprint density at radius 2 is 2.00 bits per heavy atom. The maximum absolute atomic E-state index is 13.0. The number of aryl methyl sites for hydroxylation is 1. The summed E-state index contributed by atoms with van der Waals surface area (Å²) in [6.45, 7) is 4.75. The maximum atomic E-state index is 13.0. The number of fused-ring (bicyclic) bond motifs is 1. The minimum Gasteiger partial charge on any atom is -0.338 e. The van der Waals surface area contributed by atoms with Crippen molar-refractivity contribution in [2.24, 2.45) is 0 Å². The van der Waals surface area contributed by atoms with E-state index in [1.807, 2.05) is 36.1 Å². The number of carbonyl (C=O) groups excluding carboxylic acids is 1. The van der Waals surface area contributed by atoms with Crippen LogP contribution >= 0.6 is 0 Å². The second kappa shape index (κ2) is 8.65. The third-order valence-corrected chi connectivity index (χ3v) is 6.28. The molecule has 0 unspecified atom stereocenters. The summed E-state index contributed by atoms with van der Waals surface area (Å²) in [5.74, 6) is 0.648. The summed E-state index contributed by atoms with van der Waals surface area (Å²) in [6.07, 6.45) is 5.67. The number of pyridine rings is 1. The van der Waals surface area contributed by atoms with Gasteiger partial charge in [-0.25, -0.2) is 13.9 Å². The van der Waals surface area contributed by atoms with E-state index in [4.69, 9.17) is 4.52 Å². The van der Waals surface area contributed by atoms with E-state index in [1.54, 1.807) is 18.3 Å². The molecule has 1 atom stereocenters. The minimum absolute atomic E-state index is 0.0759. The molecule has 1 aromatic carbocycles. The maximum Gasteiger partial charge on any atom is 0.350 e. The van der Waals surface area contributed by atoms with Crippen LogP contribution in [0.3, 0.4) is 0 Å². The van der Waals surface area contributed by atoms with Crippen molar-refractivity contribution in [2.45, 2.75) is 52.1 Å². The Hall–Kier alpha value is -3.75. The van der Waals surface area contributed by atoms with Gasteiger partial charge in [-0.15, -0.1) is 5.10 Å². The van der Waals surface area contributed by atoms with Crippen molar-refractivity contribution in [1.82, 2.24) is 29.2 Å². The van der Waals surface area contributed by atoms with E-state index in [9.17, 15) is 9.59 Å². The molecule has 0 radical (unpaired) electrons. The van der Waals surface area contributed by atoms with Gasteiger partial charge in [0, 0.05) is 24.3 Å². The fourth-order valence-electron chi connectivity index (χ4n) is 4.43. The summed E-state index contributed by atoms with van der Waals surface area (Å²) in [5, 5.41) is 8.55. The van der Waals surface area contributed by atoms with Gasteiger partial charge in [-0.05, 0) is 44.7 Å². The van der Waals surface area contributed by atoms with Crippen LogP contribution in [0.5, 0.6) is 0 Å². The first kappa shape index (κ1) is 21.1. The second-order valence-electron chi connectivity index (χ2n) is 8.49. The van der Waals surface area contributed by atoms with Crippen LogP contribution in [0, 0.1) is 6.92 Å². The fourth-order valence-corrected chi connectivity index (χ4v) is 4.43. The second-order valence-corrected chi connectivity index (χ2v) is 8.49. The van der Waals surface area contributed by atoms with E-state index >= 15 is 0 Å². The third-order valence-electron chi connectivity index (χ3n) is 6.28. The fraction of sp³-hybridized carbons (Fsp3) is 0.375. The number of benzene rings is 1. The average Bonchev–Trinajstić information content (AvgIpc) is 3.45. The smallest absolute Gasteiger partial charge is 0.338 e. The summed E-state index contributed by atoms with van der Waals surface area (Å²) in [6, 6.07) is 11.6. The molecule has 3 aromatic heterocycles. The van der Waals surface area contributed by atoms with E-state index in [-0.39, 0.29) is 30.1 Å². The highest BCUT2D eigenvalue weighted by molar-refractivity contribution is 5.77. The molecule has 4 heterocycles. The normalized spacial score (nSPS) is 16.4. The molecular weight excluding hydrogens is 420 g/mol. The topological polar surface area (TPSA) is 98.5 Å². The molecule has 1 saturated heterocycles. The lowest BCUT2D eigenvalue weighted by Gasteiger charge is -2.35. The quantitative estimate of drug-likeness (QED) is 0.466. The van der Waals surface area contributed by atoms with Crippen LogP contribution < -0.4 is 5.69 Å². The summed E-state index contributed by atoms with van der Waals surface area (Å²) < 4.78 is 8.13. The summed E-state index contributed by atoms with van der Waals surface area (Å²) in [4.78, 5) is 32.3. The lowest BCUT2D eigenvalue weighted by atomic mass is 10.00. The highest BCUT2D eigenvalue weighted by atomic mass is 16.5. The van der Waals surface area contributed by atoms with E-state index in [0.29, 0.717) is 17.0 Å². The standard InChI is InChI=1S/C24H26N6O3/c1-3-18-7-4-5-13-28(18)20(31)15-30-24(32)29-14-6-8-19(22(29)26-30)23-25-21(27-33-23)17-11-9-16(2)10-12-17/h6,8-12,14,18H,3-5,7,13,15H2,1-2H3/t18-/m0/s1. The number of likely N-dealkylation sites (tertiary alicyclic amines) is 1. The summed E-state index contributed by atoms with van der Waals surface area (Å²) in [7, 11) is 0. The zero-order valence-electron chi connectivity index (χ0n) is 18.8. The molecule has 0 spiro atoms. The van der Waals surface area contributed by atoms with Gasteiger partial charge in [0.05, 0.1) is 5.56 Å². The monoisotopic (exact) mass is 446 g/mol. The lowest BCUT2D eigenvalue weighted by molar-refractivity contribution is -0.135. The minimum atomic E-state index is -0.372. The number of amides is 1. The molecular formula is C24H26N6O3. The number of carbonyl (C=O) groups is 1. The van der Waals surface area contributed by atoms with Gasteiger partial charge in [-0.2, -0.15) is 4.98 Å². The zero-order chi connectivity index (χ0) is 22.9. The summed E-state index contributed by atoms with van der Waals surface area (Å²) >= 11 is 0. The largest absolute Gasteiger partial charge is 0.350 e. The molecule has 1 amide bonds. The van der Waals surface area contributed by atoms with Gasteiger partial charge < -0.3 is 9.42 Å². The van der Waals surface area contributed by atoms with E-state index in [1.165, 1.54) is 9.08 Å². The first-order chi connectivity index (χ1) is 16.0. The van der Waals surface area contributed by atoms with Crippen molar-refractivity contribution in [3.05, 3.63) is 58.6 Å². The Kier molecular flexibility index (Phi) is 5.53. The van der Waals surface area contributed by atoms with Crippen molar-refractivity contribution in [3.63, 3.8) is 0 Å². The Morgan fingerprint density at radius 3 is 2.79 bits per heavy atom. The first-order valence-corrected chi connectivity index (χ1v) is 11.3. The average molecular weight is 447 g/mol. The first-order valence-electron chi connectivity index (χ1n) is 11.3. The van der Waals surface area contributed by atoms with Crippen LogP contribution in [0.4, 0.5) is 0 Å².